The monoisotopic (exact) mass is 270 g/mol. The maximum absolute atomic E-state index is 5.22. The highest BCUT2D eigenvalue weighted by Gasteiger charge is 2.22. The number of hydrogen-bond acceptors (Lipinski definition) is 3. The maximum Gasteiger partial charge on any atom is 0.152 e. The van der Waals surface area contributed by atoms with E-state index in [1.165, 1.54) is 0 Å². The van der Waals surface area contributed by atoms with E-state index in [9.17, 15) is 0 Å². The number of nitrogens with zero attached hydrogens (tertiary/aromatic N) is 2. The summed E-state index contributed by atoms with van der Waals surface area (Å²) in [7, 11) is -0.0535. The molecule has 0 aliphatic carbocycles. The van der Waals surface area contributed by atoms with Crippen LogP contribution in [0.15, 0.2) is 48.4 Å². The molecule has 1 aromatic heterocycles. The Morgan fingerprint density at radius 2 is 1.84 bits per heavy atom. The van der Waals surface area contributed by atoms with Gasteiger partial charge in [0, 0.05) is 12.4 Å². The predicted octanol–water partition coefficient (Wildman–Crippen LogP) is 2.65. The van der Waals surface area contributed by atoms with Crippen LogP contribution in [-0.4, -0.2) is 25.2 Å². The molecule has 1 aromatic carbocycles. The van der Waals surface area contributed by atoms with Gasteiger partial charge in [0.2, 0.25) is 0 Å². The zero-order valence-electron chi connectivity index (χ0n) is 11.5. The minimum atomic E-state index is -1.73. The smallest absolute Gasteiger partial charge is 0.152 e. The standard InChI is InChI=1S/C15H18N2OSi/c1-18-14-7-4-6-13(12-14)8-11-19(2,3)15-16-9-5-10-17-15/h4-12H,1-3H3/b11-8+. The second-order valence-electron chi connectivity index (χ2n) is 4.90. The van der Waals surface area contributed by atoms with Gasteiger partial charge in [-0.15, -0.1) is 0 Å². The summed E-state index contributed by atoms with van der Waals surface area (Å²) in [5.41, 5.74) is 4.34. The summed E-state index contributed by atoms with van der Waals surface area (Å²) in [6.07, 6.45) is 5.73. The lowest BCUT2D eigenvalue weighted by atomic mass is 10.2. The molecule has 19 heavy (non-hydrogen) atoms. The third-order valence-electron chi connectivity index (χ3n) is 2.93. The number of hydrogen-bond donors (Lipinski definition) is 0. The third-order valence-corrected chi connectivity index (χ3v) is 5.34. The Balaban J connectivity index is 2.21. The van der Waals surface area contributed by atoms with Crippen LogP contribution in [0.2, 0.25) is 13.1 Å². The Hall–Kier alpha value is -1.94. The highest BCUT2D eigenvalue weighted by molar-refractivity contribution is 6.93. The van der Waals surface area contributed by atoms with Crippen molar-refractivity contribution < 1.29 is 4.74 Å². The van der Waals surface area contributed by atoms with Gasteiger partial charge >= 0.3 is 0 Å². The quantitative estimate of drug-likeness (QED) is 0.801. The lowest BCUT2D eigenvalue weighted by Gasteiger charge is -2.15. The van der Waals surface area contributed by atoms with Gasteiger partial charge in [0.25, 0.3) is 0 Å². The lowest BCUT2D eigenvalue weighted by molar-refractivity contribution is 0.414. The van der Waals surface area contributed by atoms with Crippen molar-refractivity contribution >= 4 is 19.6 Å². The summed E-state index contributed by atoms with van der Waals surface area (Å²) < 4.78 is 5.22. The maximum atomic E-state index is 5.22. The molecule has 0 saturated heterocycles. The average molecular weight is 270 g/mol. The van der Waals surface area contributed by atoms with Gasteiger partial charge in [0.15, 0.2) is 8.07 Å². The molecule has 1 heterocycles. The van der Waals surface area contributed by atoms with Crippen molar-refractivity contribution in [2.24, 2.45) is 0 Å². The van der Waals surface area contributed by atoms with Gasteiger partial charge in [-0.3, -0.25) is 0 Å². The largest absolute Gasteiger partial charge is 0.497 e. The Bertz CT molecular complexity index is 567. The number of benzene rings is 1. The predicted molar refractivity (Wildman–Crippen MR) is 81.2 cm³/mol. The van der Waals surface area contributed by atoms with Crippen LogP contribution in [0.25, 0.3) is 6.08 Å². The van der Waals surface area contributed by atoms with Crippen LogP contribution >= 0.6 is 0 Å². The van der Waals surface area contributed by atoms with Crippen molar-refractivity contribution in [1.29, 1.82) is 0 Å². The molecule has 2 rings (SSSR count). The molecule has 0 unspecified atom stereocenters. The molecule has 4 heteroatoms. The van der Waals surface area contributed by atoms with E-state index in [-0.39, 0.29) is 0 Å². The molecule has 0 aliphatic heterocycles. The molecular weight excluding hydrogens is 252 g/mol. The van der Waals surface area contributed by atoms with Gasteiger partial charge in [-0.1, -0.05) is 37.0 Å². The zero-order valence-corrected chi connectivity index (χ0v) is 12.5. The third kappa shape index (κ3) is 3.51. The van der Waals surface area contributed by atoms with E-state index in [2.05, 4.69) is 40.9 Å². The molecule has 0 N–H and O–H groups in total. The number of methoxy groups -OCH3 is 1. The summed E-state index contributed by atoms with van der Waals surface area (Å²) in [6.45, 7) is 4.47. The van der Waals surface area contributed by atoms with Crippen LogP contribution in [0.1, 0.15) is 5.56 Å². The van der Waals surface area contributed by atoms with Crippen LogP contribution in [0.3, 0.4) is 0 Å². The molecule has 0 fully saturated rings. The SMILES string of the molecule is COc1cccc(/C=C/[Si](C)(C)c2ncccn2)c1. The number of aromatic nitrogens is 2. The van der Waals surface area contributed by atoms with E-state index >= 15 is 0 Å². The number of rotatable bonds is 4. The fourth-order valence-electron chi connectivity index (χ4n) is 1.76. The Labute approximate surface area is 115 Å². The van der Waals surface area contributed by atoms with Crippen molar-refractivity contribution in [3.8, 4) is 5.75 Å². The molecule has 2 aromatic rings. The summed E-state index contributed by atoms with van der Waals surface area (Å²) in [5, 5.41) is 0. The van der Waals surface area contributed by atoms with Gasteiger partial charge in [0.1, 0.15) is 11.2 Å². The second-order valence-corrected chi connectivity index (χ2v) is 9.13. The molecule has 3 nitrogen and oxygen atoms in total. The highest BCUT2D eigenvalue weighted by Crippen LogP contribution is 2.15. The molecule has 98 valence electrons. The van der Waals surface area contributed by atoms with Gasteiger partial charge in [-0.25, -0.2) is 9.97 Å². The molecule has 0 radical (unpaired) electrons. The van der Waals surface area contributed by atoms with E-state index in [0.717, 1.165) is 16.8 Å². The summed E-state index contributed by atoms with van der Waals surface area (Å²) >= 11 is 0. The first kappa shape index (κ1) is 13.5. The van der Waals surface area contributed by atoms with Crippen molar-refractivity contribution in [2.45, 2.75) is 13.1 Å². The lowest BCUT2D eigenvalue weighted by Crippen LogP contribution is -2.43. The molecule has 0 spiro atoms. The Kier molecular flexibility index (Phi) is 4.12. The molecule has 0 amide bonds. The highest BCUT2D eigenvalue weighted by atomic mass is 28.3. The van der Waals surface area contributed by atoms with Gasteiger partial charge in [0.05, 0.1) is 7.11 Å². The molecule has 0 aliphatic rings. The Morgan fingerprint density at radius 3 is 2.53 bits per heavy atom. The topological polar surface area (TPSA) is 35.0 Å². The van der Waals surface area contributed by atoms with Crippen molar-refractivity contribution in [1.82, 2.24) is 9.97 Å². The van der Waals surface area contributed by atoms with Crippen LogP contribution in [-0.2, 0) is 0 Å². The molecule has 0 atom stereocenters. The van der Waals surface area contributed by atoms with E-state index in [1.807, 2.05) is 24.3 Å². The van der Waals surface area contributed by atoms with Gasteiger partial charge in [-0.2, -0.15) is 0 Å². The van der Waals surface area contributed by atoms with Crippen LogP contribution in [0, 0.1) is 0 Å². The summed E-state index contributed by atoms with van der Waals surface area (Å²) in [5.74, 6) is 0.873. The fraction of sp³-hybridized carbons (Fsp3) is 0.200. The minimum absolute atomic E-state index is 0.873. The molecular formula is C15H18N2OSi. The normalized spacial score (nSPS) is 11.7. The van der Waals surface area contributed by atoms with Crippen molar-refractivity contribution in [3.05, 3.63) is 54.0 Å². The second kappa shape index (κ2) is 5.80. The van der Waals surface area contributed by atoms with E-state index in [1.54, 1.807) is 19.5 Å². The zero-order chi connectivity index (χ0) is 13.7. The fourth-order valence-corrected chi connectivity index (χ4v) is 3.33. The van der Waals surface area contributed by atoms with Crippen LogP contribution < -0.4 is 10.2 Å². The summed E-state index contributed by atoms with van der Waals surface area (Å²) in [6, 6.07) is 9.87. The first-order valence-corrected chi connectivity index (χ1v) is 9.30. The van der Waals surface area contributed by atoms with Crippen LogP contribution in [0.4, 0.5) is 0 Å². The average Bonchev–Trinajstić information content (AvgIpc) is 2.46. The molecule has 0 bridgehead atoms. The van der Waals surface area contributed by atoms with Crippen molar-refractivity contribution in [2.75, 3.05) is 7.11 Å². The Morgan fingerprint density at radius 1 is 1.11 bits per heavy atom. The minimum Gasteiger partial charge on any atom is -0.497 e. The van der Waals surface area contributed by atoms with E-state index in [0.29, 0.717) is 0 Å². The van der Waals surface area contributed by atoms with Crippen molar-refractivity contribution in [3.63, 3.8) is 0 Å². The van der Waals surface area contributed by atoms with Gasteiger partial charge in [-0.05, 0) is 23.8 Å². The number of ether oxygens (including phenoxy) is 1. The first-order chi connectivity index (χ1) is 9.12. The molecule has 0 saturated carbocycles. The van der Waals surface area contributed by atoms with E-state index in [4.69, 9.17) is 4.74 Å². The van der Waals surface area contributed by atoms with E-state index < -0.39 is 8.07 Å². The first-order valence-electron chi connectivity index (χ1n) is 6.22. The van der Waals surface area contributed by atoms with Crippen LogP contribution in [0.5, 0.6) is 5.75 Å². The van der Waals surface area contributed by atoms with Gasteiger partial charge < -0.3 is 4.74 Å². The summed E-state index contributed by atoms with van der Waals surface area (Å²) in [4.78, 5) is 8.74.